The van der Waals surface area contributed by atoms with E-state index in [-0.39, 0.29) is 0 Å². The van der Waals surface area contributed by atoms with E-state index in [0.29, 0.717) is 0 Å². The van der Waals surface area contributed by atoms with Gasteiger partial charge in [0.15, 0.2) is 0 Å². The third-order valence-corrected chi connectivity index (χ3v) is 1.69. The van der Waals surface area contributed by atoms with E-state index in [1.54, 1.807) is 11.9 Å². The van der Waals surface area contributed by atoms with Crippen LogP contribution in [-0.2, 0) is 0 Å². The van der Waals surface area contributed by atoms with Gasteiger partial charge in [0.1, 0.15) is 0 Å². The summed E-state index contributed by atoms with van der Waals surface area (Å²) in [6, 6.07) is 2.00. The summed E-state index contributed by atoms with van der Waals surface area (Å²) in [5.74, 6) is 1.07. The zero-order valence-electron chi connectivity index (χ0n) is 5.66. The van der Waals surface area contributed by atoms with Crippen molar-refractivity contribution in [2.45, 2.75) is 13.8 Å². The van der Waals surface area contributed by atoms with Crippen LogP contribution in [0.4, 0.5) is 0 Å². The molecule has 0 aliphatic heterocycles. The normalized spacial score (nSPS) is 10.0. The molecule has 0 fully saturated rings. The molecule has 3 heteroatoms. The standard InChI is InChI=1S/C6H10N2S/c1-3-9-8-5-4-6(2)7-8/h4-5H,3H2,1-2H3. The Labute approximate surface area is 59.4 Å². The van der Waals surface area contributed by atoms with Crippen LogP contribution in [0.3, 0.4) is 0 Å². The van der Waals surface area contributed by atoms with E-state index < -0.39 is 0 Å². The highest BCUT2D eigenvalue weighted by Crippen LogP contribution is 2.03. The predicted molar refractivity (Wildman–Crippen MR) is 40.5 cm³/mol. The highest BCUT2D eigenvalue weighted by Gasteiger charge is 1.89. The number of hydrogen-bond acceptors (Lipinski definition) is 2. The molecule has 0 unspecified atom stereocenters. The summed E-state index contributed by atoms with van der Waals surface area (Å²) in [5, 5.41) is 4.18. The lowest BCUT2D eigenvalue weighted by molar-refractivity contribution is 0.977. The summed E-state index contributed by atoms with van der Waals surface area (Å²) < 4.78 is 1.88. The molecule has 0 N–H and O–H groups in total. The van der Waals surface area contributed by atoms with Gasteiger partial charge in [-0.1, -0.05) is 6.92 Å². The van der Waals surface area contributed by atoms with Crippen molar-refractivity contribution in [1.29, 1.82) is 0 Å². The van der Waals surface area contributed by atoms with Crippen LogP contribution < -0.4 is 0 Å². The van der Waals surface area contributed by atoms with Gasteiger partial charge in [0.25, 0.3) is 0 Å². The molecule has 1 heterocycles. The summed E-state index contributed by atoms with van der Waals surface area (Å²) >= 11 is 1.70. The molecule has 1 aromatic rings. The Morgan fingerprint density at radius 3 is 3.00 bits per heavy atom. The number of rotatable bonds is 2. The molecule has 1 aromatic heterocycles. The van der Waals surface area contributed by atoms with Crippen LogP contribution in [0.2, 0.25) is 0 Å². The number of nitrogens with zero attached hydrogens (tertiary/aromatic N) is 2. The summed E-state index contributed by atoms with van der Waals surface area (Å²) in [5.41, 5.74) is 1.08. The van der Waals surface area contributed by atoms with Gasteiger partial charge in [0.05, 0.1) is 5.69 Å². The molecule has 9 heavy (non-hydrogen) atoms. The molecule has 0 radical (unpaired) electrons. The summed E-state index contributed by atoms with van der Waals surface area (Å²) in [4.78, 5) is 0. The SMILES string of the molecule is CCSn1ccc(C)n1. The van der Waals surface area contributed by atoms with Gasteiger partial charge < -0.3 is 0 Å². The minimum absolute atomic E-state index is 1.07. The van der Waals surface area contributed by atoms with E-state index >= 15 is 0 Å². The Morgan fingerprint density at radius 1 is 1.78 bits per heavy atom. The lowest BCUT2D eigenvalue weighted by Crippen LogP contribution is -1.87. The van der Waals surface area contributed by atoms with E-state index in [1.807, 2.05) is 23.3 Å². The first kappa shape index (κ1) is 6.68. The fraction of sp³-hybridized carbons (Fsp3) is 0.500. The maximum absolute atomic E-state index is 4.18. The minimum Gasteiger partial charge on any atom is -0.214 e. The zero-order valence-corrected chi connectivity index (χ0v) is 6.48. The van der Waals surface area contributed by atoms with Crippen LogP contribution in [0.25, 0.3) is 0 Å². The van der Waals surface area contributed by atoms with Crippen molar-refractivity contribution in [3.63, 3.8) is 0 Å². The van der Waals surface area contributed by atoms with E-state index in [4.69, 9.17) is 0 Å². The van der Waals surface area contributed by atoms with Gasteiger partial charge in [-0.25, -0.2) is 4.09 Å². The Kier molecular flexibility index (Phi) is 2.16. The molecule has 0 aromatic carbocycles. The molecule has 0 aliphatic rings. The second kappa shape index (κ2) is 2.92. The van der Waals surface area contributed by atoms with Crippen molar-refractivity contribution in [3.05, 3.63) is 18.0 Å². The first-order chi connectivity index (χ1) is 4.33. The lowest BCUT2D eigenvalue weighted by Gasteiger charge is -1.92. The zero-order chi connectivity index (χ0) is 6.69. The number of aromatic nitrogens is 2. The van der Waals surface area contributed by atoms with Crippen LogP contribution in [-0.4, -0.2) is 14.9 Å². The van der Waals surface area contributed by atoms with Crippen molar-refractivity contribution in [2.75, 3.05) is 5.75 Å². The molecular weight excluding hydrogens is 132 g/mol. The van der Waals surface area contributed by atoms with Crippen molar-refractivity contribution in [2.24, 2.45) is 0 Å². The molecule has 0 spiro atoms. The second-order valence-corrected chi connectivity index (χ2v) is 2.99. The van der Waals surface area contributed by atoms with Crippen molar-refractivity contribution in [1.82, 2.24) is 9.19 Å². The van der Waals surface area contributed by atoms with Crippen molar-refractivity contribution >= 4 is 11.9 Å². The molecule has 0 bridgehead atoms. The monoisotopic (exact) mass is 142 g/mol. The summed E-state index contributed by atoms with van der Waals surface area (Å²) in [6.45, 7) is 4.11. The van der Waals surface area contributed by atoms with Gasteiger partial charge >= 0.3 is 0 Å². The predicted octanol–water partition coefficient (Wildman–Crippen LogP) is 1.71. The number of hydrogen-bond donors (Lipinski definition) is 0. The number of aryl methyl sites for hydroxylation is 1. The summed E-state index contributed by atoms with van der Waals surface area (Å²) in [6.07, 6.45) is 1.98. The van der Waals surface area contributed by atoms with Crippen LogP contribution >= 0.6 is 11.9 Å². The smallest absolute Gasteiger partial charge is 0.0604 e. The van der Waals surface area contributed by atoms with Crippen molar-refractivity contribution in [3.8, 4) is 0 Å². The minimum atomic E-state index is 1.07. The van der Waals surface area contributed by atoms with Gasteiger partial charge in [-0.2, -0.15) is 5.10 Å². The van der Waals surface area contributed by atoms with Crippen LogP contribution in [0.15, 0.2) is 12.3 Å². The topological polar surface area (TPSA) is 17.8 Å². The fourth-order valence-electron chi connectivity index (χ4n) is 0.598. The first-order valence-corrected chi connectivity index (χ1v) is 3.92. The molecule has 1 rings (SSSR count). The van der Waals surface area contributed by atoms with Crippen LogP contribution in [0, 0.1) is 6.92 Å². The van der Waals surface area contributed by atoms with Gasteiger partial charge in [-0.15, -0.1) is 0 Å². The van der Waals surface area contributed by atoms with E-state index in [0.717, 1.165) is 11.4 Å². The van der Waals surface area contributed by atoms with Gasteiger partial charge in [0.2, 0.25) is 0 Å². The molecule has 0 saturated carbocycles. The van der Waals surface area contributed by atoms with E-state index in [1.165, 1.54) is 0 Å². The Balaban J connectivity index is 2.61. The Morgan fingerprint density at radius 2 is 2.56 bits per heavy atom. The van der Waals surface area contributed by atoms with E-state index in [9.17, 15) is 0 Å². The maximum Gasteiger partial charge on any atom is 0.0604 e. The Bertz CT molecular complexity index is 183. The molecule has 0 aliphatic carbocycles. The van der Waals surface area contributed by atoms with Gasteiger partial charge in [0, 0.05) is 11.9 Å². The Hall–Kier alpha value is -0.440. The van der Waals surface area contributed by atoms with Gasteiger partial charge in [-0.3, -0.25) is 0 Å². The second-order valence-electron chi connectivity index (χ2n) is 1.78. The quantitative estimate of drug-likeness (QED) is 0.625. The highest BCUT2D eigenvalue weighted by atomic mass is 32.2. The third-order valence-electron chi connectivity index (χ3n) is 0.961. The van der Waals surface area contributed by atoms with Crippen LogP contribution in [0.1, 0.15) is 12.6 Å². The average molecular weight is 142 g/mol. The molecule has 0 saturated heterocycles. The van der Waals surface area contributed by atoms with E-state index in [2.05, 4.69) is 12.0 Å². The molecular formula is C6H10N2S. The van der Waals surface area contributed by atoms with Gasteiger partial charge in [-0.05, 0) is 24.9 Å². The highest BCUT2D eigenvalue weighted by molar-refractivity contribution is 7.97. The van der Waals surface area contributed by atoms with Crippen LogP contribution in [0.5, 0.6) is 0 Å². The average Bonchev–Trinajstić information content (AvgIpc) is 2.17. The third kappa shape index (κ3) is 1.75. The maximum atomic E-state index is 4.18. The molecule has 0 atom stereocenters. The lowest BCUT2D eigenvalue weighted by atomic mass is 10.5. The first-order valence-electron chi connectivity index (χ1n) is 2.98. The molecule has 50 valence electrons. The molecule has 2 nitrogen and oxygen atoms in total. The van der Waals surface area contributed by atoms with Crippen molar-refractivity contribution < 1.29 is 0 Å². The fourth-order valence-corrected chi connectivity index (χ4v) is 1.20. The summed E-state index contributed by atoms with van der Waals surface area (Å²) in [7, 11) is 0. The molecule has 0 amide bonds. The largest absolute Gasteiger partial charge is 0.214 e.